The van der Waals surface area contributed by atoms with Gasteiger partial charge in [0.15, 0.2) is 0 Å². The Kier molecular flexibility index (Phi) is 5.22. The first-order valence-corrected chi connectivity index (χ1v) is 8.84. The highest BCUT2D eigenvalue weighted by molar-refractivity contribution is 5.67. The number of carbonyl (C=O) groups excluding carboxylic acids is 1. The van der Waals surface area contributed by atoms with Crippen LogP contribution in [0.4, 0.5) is 4.79 Å². The summed E-state index contributed by atoms with van der Waals surface area (Å²) in [6, 6.07) is 10.1. The van der Waals surface area contributed by atoms with Crippen LogP contribution in [-0.4, -0.2) is 28.5 Å². The molecule has 1 amide bonds. The molecule has 0 saturated carbocycles. The Morgan fingerprint density at radius 2 is 2.04 bits per heavy atom. The molecule has 2 atom stereocenters. The first kappa shape index (κ1) is 17.3. The average Bonchev–Trinajstić information content (AvgIpc) is 3.17. The van der Waals surface area contributed by atoms with Gasteiger partial charge < -0.3 is 10.1 Å². The van der Waals surface area contributed by atoms with Crippen LogP contribution in [-0.2, 0) is 4.74 Å². The minimum absolute atomic E-state index is 0.180. The van der Waals surface area contributed by atoms with Gasteiger partial charge in [-0.2, -0.15) is 5.10 Å². The number of aromatic nitrogens is 2. The van der Waals surface area contributed by atoms with Crippen molar-refractivity contribution in [1.29, 1.82) is 0 Å². The zero-order valence-corrected chi connectivity index (χ0v) is 15.0. The molecular weight excluding hydrogens is 314 g/mol. The molecule has 132 valence electrons. The van der Waals surface area contributed by atoms with E-state index in [4.69, 9.17) is 9.84 Å². The second-order valence-electron chi connectivity index (χ2n) is 6.43. The number of carbonyl (C=O) groups is 1. The van der Waals surface area contributed by atoms with Crippen molar-refractivity contribution in [3.05, 3.63) is 59.4 Å². The summed E-state index contributed by atoms with van der Waals surface area (Å²) in [5.74, 6) is 0.224. The third-order valence-electron chi connectivity index (χ3n) is 4.54. The highest BCUT2D eigenvalue weighted by atomic mass is 16.6. The lowest BCUT2D eigenvalue weighted by Gasteiger charge is -2.14. The molecule has 0 aliphatic heterocycles. The summed E-state index contributed by atoms with van der Waals surface area (Å²) in [6.07, 6.45) is 5.25. The number of benzene rings is 1. The summed E-state index contributed by atoms with van der Waals surface area (Å²) < 4.78 is 7.46. The van der Waals surface area contributed by atoms with Crippen LogP contribution >= 0.6 is 0 Å². The van der Waals surface area contributed by atoms with Crippen molar-refractivity contribution in [1.82, 2.24) is 15.1 Å². The number of nitrogens with one attached hydrogen (secondary N) is 1. The van der Waals surface area contributed by atoms with E-state index in [1.54, 1.807) is 0 Å². The summed E-state index contributed by atoms with van der Waals surface area (Å²) >= 11 is 0. The summed E-state index contributed by atoms with van der Waals surface area (Å²) in [7, 11) is 0. The predicted octanol–water partition coefficient (Wildman–Crippen LogP) is 4.04. The standard InChI is InChI=1S/C20H25N3O2/c1-4-12-21-20(24)25-18-11-10-16(13-18)19-14(2)22-23(15(19)3)17-8-6-5-7-9-17/h5-11,16,18H,4,12-13H2,1-3H3,(H,21,24)/t16-,18-/m0/s1. The molecule has 1 aromatic heterocycles. The van der Waals surface area contributed by atoms with Crippen LogP contribution in [0, 0.1) is 13.8 Å². The number of hydrogen-bond donors (Lipinski definition) is 1. The van der Waals surface area contributed by atoms with Crippen LogP contribution < -0.4 is 5.32 Å². The SMILES string of the molecule is CCCNC(=O)O[C@H]1C=C[C@H](c2c(C)nn(-c3ccccc3)c2C)C1. The van der Waals surface area contributed by atoms with Crippen molar-refractivity contribution < 1.29 is 9.53 Å². The molecule has 0 saturated heterocycles. The molecule has 0 radical (unpaired) electrons. The quantitative estimate of drug-likeness (QED) is 0.837. The van der Waals surface area contributed by atoms with Gasteiger partial charge in [-0.25, -0.2) is 9.48 Å². The fourth-order valence-corrected chi connectivity index (χ4v) is 3.39. The second-order valence-corrected chi connectivity index (χ2v) is 6.43. The smallest absolute Gasteiger partial charge is 0.407 e. The van der Waals surface area contributed by atoms with Crippen molar-refractivity contribution in [2.45, 2.75) is 45.6 Å². The lowest BCUT2D eigenvalue weighted by atomic mass is 9.96. The van der Waals surface area contributed by atoms with Gasteiger partial charge in [-0.15, -0.1) is 0 Å². The molecule has 1 N–H and O–H groups in total. The Morgan fingerprint density at radius 1 is 1.28 bits per heavy atom. The van der Waals surface area contributed by atoms with Crippen molar-refractivity contribution in [3.8, 4) is 5.69 Å². The predicted molar refractivity (Wildman–Crippen MR) is 98.1 cm³/mol. The van der Waals surface area contributed by atoms with E-state index in [2.05, 4.69) is 30.4 Å². The molecule has 0 spiro atoms. The first-order valence-electron chi connectivity index (χ1n) is 8.84. The van der Waals surface area contributed by atoms with Gasteiger partial charge in [-0.3, -0.25) is 0 Å². The Bertz CT molecular complexity index is 765. The number of ether oxygens (including phenoxy) is 1. The maximum atomic E-state index is 11.7. The van der Waals surface area contributed by atoms with Crippen LogP contribution in [0.5, 0.6) is 0 Å². The van der Waals surface area contributed by atoms with Gasteiger partial charge in [0.2, 0.25) is 0 Å². The van der Waals surface area contributed by atoms with Gasteiger partial charge in [0, 0.05) is 23.7 Å². The molecule has 1 aromatic carbocycles. The molecule has 0 fully saturated rings. The van der Waals surface area contributed by atoms with Gasteiger partial charge >= 0.3 is 6.09 Å². The fourth-order valence-electron chi connectivity index (χ4n) is 3.39. The number of para-hydroxylation sites is 1. The molecule has 5 nitrogen and oxygen atoms in total. The number of aryl methyl sites for hydroxylation is 1. The van der Waals surface area contributed by atoms with E-state index in [9.17, 15) is 4.79 Å². The van der Waals surface area contributed by atoms with Gasteiger partial charge in [0.1, 0.15) is 6.10 Å². The Hall–Kier alpha value is -2.56. The summed E-state index contributed by atoms with van der Waals surface area (Å²) in [4.78, 5) is 11.7. The minimum atomic E-state index is -0.342. The molecule has 0 unspecified atom stereocenters. The Labute approximate surface area is 148 Å². The highest BCUT2D eigenvalue weighted by Gasteiger charge is 2.28. The van der Waals surface area contributed by atoms with E-state index < -0.39 is 0 Å². The van der Waals surface area contributed by atoms with Crippen LogP contribution in [0.15, 0.2) is 42.5 Å². The number of rotatable bonds is 5. The fraction of sp³-hybridized carbons (Fsp3) is 0.400. The van der Waals surface area contributed by atoms with Crippen LogP contribution in [0.2, 0.25) is 0 Å². The lowest BCUT2D eigenvalue weighted by Crippen LogP contribution is -2.28. The summed E-state index contributed by atoms with van der Waals surface area (Å²) in [6.45, 7) is 6.79. The summed E-state index contributed by atoms with van der Waals surface area (Å²) in [5.41, 5.74) is 4.43. The number of hydrogen-bond acceptors (Lipinski definition) is 3. The van der Waals surface area contributed by atoms with Crippen molar-refractivity contribution in [3.63, 3.8) is 0 Å². The number of nitrogens with zero attached hydrogens (tertiary/aromatic N) is 2. The third kappa shape index (κ3) is 3.76. The van der Waals surface area contributed by atoms with E-state index in [-0.39, 0.29) is 18.1 Å². The molecule has 3 rings (SSSR count). The normalized spacial score (nSPS) is 19.2. The molecule has 0 bridgehead atoms. The number of alkyl carbamates (subject to hydrolysis) is 1. The zero-order chi connectivity index (χ0) is 17.8. The molecule has 1 aliphatic rings. The minimum Gasteiger partial charge on any atom is -0.442 e. The van der Waals surface area contributed by atoms with Gasteiger partial charge in [-0.1, -0.05) is 31.2 Å². The third-order valence-corrected chi connectivity index (χ3v) is 4.54. The average molecular weight is 339 g/mol. The van der Waals surface area contributed by atoms with Crippen LogP contribution in [0.3, 0.4) is 0 Å². The highest BCUT2D eigenvalue weighted by Crippen LogP contribution is 2.34. The topological polar surface area (TPSA) is 56.1 Å². The molecule has 2 aromatic rings. The van der Waals surface area contributed by atoms with Gasteiger partial charge in [-0.05, 0) is 44.9 Å². The van der Waals surface area contributed by atoms with Gasteiger partial charge in [0.25, 0.3) is 0 Å². The second kappa shape index (κ2) is 7.55. The maximum absolute atomic E-state index is 11.7. The zero-order valence-electron chi connectivity index (χ0n) is 15.0. The molecule has 1 aliphatic carbocycles. The molecule has 25 heavy (non-hydrogen) atoms. The van der Waals surface area contributed by atoms with Crippen molar-refractivity contribution in [2.24, 2.45) is 0 Å². The summed E-state index contributed by atoms with van der Waals surface area (Å²) in [5, 5.41) is 7.46. The van der Waals surface area contributed by atoms with Crippen LogP contribution in [0.25, 0.3) is 5.69 Å². The Balaban J connectivity index is 1.73. The van der Waals surface area contributed by atoms with E-state index in [1.807, 2.05) is 42.8 Å². The lowest BCUT2D eigenvalue weighted by molar-refractivity contribution is 0.118. The first-order chi connectivity index (χ1) is 12.1. The van der Waals surface area contributed by atoms with E-state index >= 15 is 0 Å². The number of allylic oxidation sites excluding steroid dienone is 1. The van der Waals surface area contributed by atoms with Crippen molar-refractivity contribution >= 4 is 6.09 Å². The monoisotopic (exact) mass is 339 g/mol. The van der Waals surface area contributed by atoms with Crippen molar-refractivity contribution in [2.75, 3.05) is 6.54 Å². The van der Waals surface area contributed by atoms with E-state index in [0.717, 1.165) is 29.9 Å². The van der Waals surface area contributed by atoms with Crippen LogP contribution in [0.1, 0.15) is 42.6 Å². The molecule has 1 heterocycles. The largest absolute Gasteiger partial charge is 0.442 e. The maximum Gasteiger partial charge on any atom is 0.407 e. The Morgan fingerprint density at radius 3 is 2.76 bits per heavy atom. The van der Waals surface area contributed by atoms with E-state index in [0.29, 0.717) is 6.54 Å². The molecular formula is C20H25N3O2. The number of amides is 1. The van der Waals surface area contributed by atoms with E-state index in [1.165, 1.54) is 5.56 Å². The molecule has 5 heteroatoms. The van der Waals surface area contributed by atoms with Gasteiger partial charge in [0.05, 0.1) is 11.4 Å².